The molecule has 1 aromatic carbocycles. The second-order valence-electron chi connectivity index (χ2n) is 6.48. The molecule has 27 heavy (non-hydrogen) atoms. The van der Waals surface area contributed by atoms with Crippen LogP contribution in [0.1, 0.15) is 18.2 Å². The first-order chi connectivity index (χ1) is 12.8. The molecule has 0 atom stereocenters. The number of aryl methyl sites for hydroxylation is 1. The highest BCUT2D eigenvalue weighted by Crippen LogP contribution is 2.27. The Bertz CT molecular complexity index is 933. The second-order valence-corrected chi connectivity index (χ2v) is 8.38. The van der Waals surface area contributed by atoms with Gasteiger partial charge in [-0.2, -0.15) is 9.40 Å². The van der Waals surface area contributed by atoms with E-state index in [9.17, 15) is 18.5 Å². The minimum absolute atomic E-state index is 0.247. The number of benzene rings is 1. The van der Waals surface area contributed by atoms with Crippen molar-refractivity contribution in [1.82, 2.24) is 19.0 Å². The Hall–Kier alpha value is -2.30. The molecule has 10 heteroatoms. The summed E-state index contributed by atoms with van der Waals surface area (Å²) in [4.78, 5) is 12.4. The zero-order chi connectivity index (χ0) is 19.6. The van der Waals surface area contributed by atoms with Crippen LogP contribution in [0.2, 0.25) is 0 Å². The van der Waals surface area contributed by atoms with Crippen molar-refractivity contribution >= 4 is 15.7 Å². The molecule has 1 aliphatic heterocycles. The number of nitro benzene ring substituents is 1. The Balaban J connectivity index is 1.70. The van der Waals surface area contributed by atoms with Crippen LogP contribution >= 0.6 is 0 Å². The molecule has 0 unspecified atom stereocenters. The van der Waals surface area contributed by atoms with Gasteiger partial charge >= 0.3 is 0 Å². The van der Waals surface area contributed by atoms with Gasteiger partial charge in [0.25, 0.3) is 5.69 Å². The summed E-state index contributed by atoms with van der Waals surface area (Å²) in [6.45, 7) is 7.33. The number of piperazine rings is 1. The number of para-hydroxylation sites is 1. The minimum atomic E-state index is -3.89. The Morgan fingerprint density at radius 3 is 2.44 bits per heavy atom. The molecule has 0 aliphatic carbocycles. The second kappa shape index (κ2) is 7.75. The third kappa shape index (κ3) is 3.87. The van der Waals surface area contributed by atoms with Crippen LogP contribution in [0.15, 0.2) is 35.4 Å². The summed E-state index contributed by atoms with van der Waals surface area (Å²) in [7, 11) is -3.89. The molecule has 146 valence electrons. The number of sulfonamides is 1. The van der Waals surface area contributed by atoms with Gasteiger partial charge in [-0.15, -0.1) is 0 Å². The van der Waals surface area contributed by atoms with Crippen molar-refractivity contribution in [2.75, 3.05) is 26.2 Å². The van der Waals surface area contributed by atoms with Crippen molar-refractivity contribution in [2.45, 2.75) is 31.8 Å². The fourth-order valence-corrected chi connectivity index (χ4v) is 4.87. The number of nitrogens with zero attached hydrogens (tertiary/aromatic N) is 5. The normalized spacial score (nSPS) is 16.5. The van der Waals surface area contributed by atoms with Crippen molar-refractivity contribution in [3.8, 4) is 0 Å². The minimum Gasteiger partial charge on any atom is -0.296 e. The Morgan fingerprint density at radius 1 is 1.19 bits per heavy atom. The monoisotopic (exact) mass is 393 g/mol. The van der Waals surface area contributed by atoms with Crippen LogP contribution in [0.4, 0.5) is 5.69 Å². The molecule has 1 aromatic heterocycles. The van der Waals surface area contributed by atoms with Gasteiger partial charge in [0.05, 0.1) is 11.1 Å². The van der Waals surface area contributed by atoms with E-state index in [0.29, 0.717) is 32.7 Å². The fourth-order valence-electron chi connectivity index (χ4n) is 3.29. The highest BCUT2D eigenvalue weighted by Gasteiger charge is 2.33. The average molecular weight is 393 g/mol. The van der Waals surface area contributed by atoms with Crippen molar-refractivity contribution in [3.05, 3.63) is 51.8 Å². The number of hydrogen-bond donors (Lipinski definition) is 0. The SMILES string of the molecule is CCn1ncc(CN2CCN(S(=O)(=O)c3ccccc3[N+](=O)[O-])CC2)c1C. The maximum absolute atomic E-state index is 12.9. The summed E-state index contributed by atoms with van der Waals surface area (Å²) < 4.78 is 29.0. The Kier molecular flexibility index (Phi) is 5.59. The summed E-state index contributed by atoms with van der Waals surface area (Å²) >= 11 is 0. The number of rotatable bonds is 6. The lowest BCUT2D eigenvalue weighted by molar-refractivity contribution is -0.387. The Morgan fingerprint density at radius 2 is 1.85 bits per heavy atom. The predicted octanol–water partition coefficient (Wildman–Crippen LogP) is 1.63. The van der Waals surface area contributed by atoms with E-state index in [0.717, 1.165) is 17.8 Å². The van der Waals surface area contributed by atoms with Crippen LogP contribution in [-0.4, -0.2) is 58.5 Å². The first-order valence-electron chi connectivity index (χ1n) is 8.81. The van der Waals surface area contributed by atoms with E-state index < -0.39 is 14.9 Å². The van der Waals surface area contributed by atoms with E-state index in [4.69, 9.17) is 0 Å². The van der Waals surface area contributed by atoms with Gasteiger partial charge in [-0.25, -0.2) is 8.42 Å². The van der Waals surface area contributed by atoms with Crippen LogP contribution in [0.3, 0.4) is 0 Å². The molecule has 1 saturated heterocycles. The van der Waals surface area contributed by atoms with E-state index >= 15 is 0 Å². The summed E-state index contributed by atoms with van der Waals surface area (Å²) in [5.74, 6) is 0. The molecule has 9 nitrogen and oxygen atoms in total. The number of nitro groups is 1. The highest BCUT2D eigenvalue weighted by atomic mass is 32.2. The van der Waals surface area contributed by atoms with Crippen molar-refractivity contribution in [2.24, 2.45) is 0 Å². The van der Waals surface area contributed by atoms with Crippen LogP contribution in [0.25, 0.3) is 0 Å². The van der Waals surface area contributed by atoms with Crippen LogP contribution in [0, 0.1) is 17.0 Å². The summed E-state index contributed by atoms with van der Waals surface area (Å²) in [5.41, 5.74) is 1.86. The van der Waals surface area contributed by atoms with Crippen LogP contribution < -0.4 is 0 Å². The topological polar surface area (TPSA) is 102 Å². The molecule has 0 bridgehead atoms. The third-order valence-corrected chi connectivity index (χ3v) is 6.86. The van der Waals surface area contributed by atoms with E-state index in [1.54, 1.807) is 0 Å². The zero-order valence-electron chi connectivity index (χ0n) is 15.4. The highest BCUT2D eigenvalue weighted by molar-refractivity contribution is 7.89. The van der Waals surface area contributed by atoms with Gasteiger partial charge in [-0.3, -0.25) is 19.7 Å². The zero-order valence-corrected chi connectivity index (χ0v) is 16.2. The van der Waals surface area contributed by atoms with Gasteiger partial charge in [0.15, 0.2) is 4.90 Å². The summed E-state index contributed by atoms with van der Waals surface area (Å²) in [6, 6.07) is 5.48. The van der Waals surface area contributed by atoms with Gasteiger partial charge in [0.2, 0.25) is 10.0 Å². The average Bonchev–Trinajstić information content (AvgIpc) is 3.02. The van der Waals surface area contributed by atoms with Crippen LogP contribution in [-0.2, 0) is 23.1 Å². The summed E-state index contributed by atoms with van der Waals surface area (Å²) in [6.07, 6.45) is 1.86. The van der Waals surface area contributed by atoms with Crippen molar-refractivity contribution in [1.29, 1.82) is 0 Å². The first-order valence-corrected chi connectivity index (χ1v) is 10.3. The fraction of sp³-hybridized carbons (Fsp3) is 0.471. The van der Waals surface area contributed by atoms with Crippen molar-refractivity contribution < 1.29 is 13.3 Å². The van der Waals surface area contributed by atoms with E-state index in [1.165, 1.54) is 28.6 Å². The molecular weight excluding hydrogens is 370 g/mol. The molecule has 0 spiro atoms. The lowest BCUT2D eigenvalue weighted by Gasteiger charge is -2.33. The van der Waals surface area contributed by atoms with Gasteiger partial charge in [0, 0.05) is 56.6 Å². The third-order valence-electron chi connectivity index (χ3n) is 4.91. The standard InChI is InChI=1S/C17H23N5O4S/c1-3-21-14(2)15(12-18-21)13-19-8-10-20(11-9-19)27(25,26)17-7-5-4-6-16(17)22(23)24/h4-7,12H,3,8-11,13H2,1-2H3. The largest absolute Gasteiger partial charge is 0.296 e. The summed E-state index contributed by atoms with van der Waals surface area (Å²) in [5, 5.41) is 15.5. The molecule has 2 aromatic rings. The molecule has 0 N–H and O–H groups in total. The molecule has 0 radical (unpaired) electrons. The predicted molar refractivity (Wildman–Crippen MR) is 99.8 cm³/mol. The van der Waals surface area contributed by atoms with Crippen LogP contribution in [0.5, 0.6) is 0 Å². The molecule has 3 rings (SSSR count). The smallest absolute Gasteiger partial charge is 0.289 e. The van der Waals surface area contributed by atoms with Gasteiger partial charge < -0.3 is 0 Å². The molecule has 0 amide bonds. The van der Waals surface area contributed by atoms with E-state index in [-0.39, 0.29) is 10.6 Å². The molecular formula is C17H23N5O4S. The maximum Gasteiger partial charge on any atom is 0.289 e. The van der Waals surface area contributed by atoms with Gasteiger partial charge in [-0.05, 0) is 19.9 Å². The Labute approximate surface area is 158 Å². The van der Waals surface area contributed by atoms with Gasteiger partial charge in [-0.1, -0.05) is 12.1 Å². The quantitative estimate of drug-likeness (QED) is 0.546. The molecule has 2 heterocycles. The lowest BCUT2D eigenvalue weighted by atomic mass is 10.2. The maximum atomic E-state index is 12.9. The van der Waals surface area contributed by atoms with Crippen molar-refractivity contribution in [3.63, 3.8) is 0 Å². The van der Waals surface area contributed by atoms with E-state index in [2.05, 4.69) is 10.00 Å². The lowest BCUT2D eigenvalue weighted by Crippen LogP contribution is -2.48. The molecule has 1 fully saturated rings. The number of hydrogen-bond acceptors (Lipinski definition) is 6. The van der Waals surface area contributed by atoms with Gasteiger partial charge in [0.1, 0.15) is 0 Å². The van der Waals surface area contributed by atoms with E-state index in [1.807, 2.05) is 24.7 Å². The molecule has 0 saturated carbocycles. The molecule has 1 aliphatic rings. The first kappa shape index (κ1) is 19.5. The number of aromatic nitrogens is 2.